The van der Waals surface area contributed by atoms with Gasteiger partial charge in [-0.2, -0.15) is 5.10 Å². The molecule has 0 atom stereocenters. The number of ether oxygens (including phenoxy) is 1. The van der Waals surface area contributed by atoms with Crippen LogP contribution in [0.5, 0.6) is 0 Å². The van der Waals surface area contributed by atoms with E-state index in [1.165, 1.54) is 23.9 Å². The number of aryl methyl sites for hydroxylation is 1. The van der Waals surface area contributed by atoms with Gasteiger partial charge in [0.05, 0.1) is 12.2 Å². The van der Waals surface area contributed by atoms with Crippen LogP contribution in [-0.4, -0.2) is 52.4 Å². The van der Waals surface area contributed by atoms with Crippen LogP contribution in [0.3, 0.4) is 0 Å². The summed E-state index contributed by atoms with van der Waals surface area (Å²) in [6.07, 6.45) is 1.23. The predicted octanol–water partition coefficient (Wildman–Crippen LogP) is 0.907. The van der Waals surface area contributed by atoms with Crippen molar-refractivity contribution in [2.24, 2.45) is 0 Å². The molecule has 1 aliphatic rings. The van der Waals surface area contributed by atoms with Crippen molar-refractivity contribution in [2.75, 3.05) is 20.6 Å². The fraction of sp³-hybridized carbons (Fsp3) is 0.545. The molecule has 7 heteroatoms. The van der Waals surface area contributed by atoms with Crippen molar-refractivity contribution >= 4 is 12.2 Å². The molecule has 1 aliphatic heterocycles. The zero-order valence-electron chi connectivity index (χ0n) is 10.5. The zero-order valence-corrected chi connectivity index (χ0v) is 10.5. The summed E-state index contributed by atoms with van der Waals surface area (Å²) in [6, 6.07) is 1.86. The lowest BCUT2D eigenvalue weighted by Crippen LogP contribution is -2.35. The monoisotopic (exact) mass is 252 g/mol. The quantitative estimate of drug-likeness (QED) is 0.643. The van der Waals surface area contributed by atoms with E-state index >= 15 is 0 Å². The average Bonchev–Trinajstić information content (AvgIpc) is 2.66. The number of carbonyl (C=O) groups is 2. The summed E-state index contributed by atoms with van der Waals surface area (Å²) in [4.78, 5) is 25.9. The standard InChI is InChI=1S/C11H16N4O3/c1-13(2)10(16)18-11(17)14-6-3-7-15-9(8-14)4-5-12-15/h4-5H,3,6-8H2,1-2H3. The fourth-order valence-corrected chi connectivity index (χ4v) is 1.77. The SMILES string of the molecule is CN(C)C(=O)OC(=O)N1CCCn2nccc2C1. The van der Waals surface area contributed by atoms with Crippen molar-refractivity contribution in [3.63, 3.8) is 0 Å². The van der Waals surface area contributed by atoms with E-state index in [2.05, 4.69) is 5.10 Å². The van der Waals surface area contributed by atoms with Crippen LogP contribution in [-0.2, 0) is 17.8 Å². The topological polar surface area (TPSA) is 67.7 Å². The third-order valence-corrected chi connectivity index (χ3v) is 2.75. The number of fused-ring (bicyclic) bond motifs is 1. The molecule has 0 bridgehead atoms. The molecule has 0 saturated heterocycles. The van der Waals surface area contributed by atoms with E-state index < -0.39 is 12.2 Å². The highest BCUT2D eigenvalue weighted by atomic mass is 16.6. The van der Waals surface area contributed by atoms with Crippen molar-refractivity contribution in [2.45, 2.75) is 19.5 Å². The Balaban J connectivity index is 2.01. The molecule has 1 aromatic heterocycles. The molecule has 2 rings (SSSR count). The van der Waals surface area contributed by atoms with Crippen LogP contribution < -0.4 is 0 Å². The van der Waals surface area contributed by atoms with Gasteiger partial charge in [0.15, 0.2) is 0 Å². The van der Waals surface area contributed by atoms with Gasteiger partial charge in [-0.05, 0) is 12.5 Å². The second-order valence-corrected chi connectivity index (χ2v) is 4.35. The largest absolute Gasteiger partial charge is 0.419 e. The highest BCUT2D eigenvalue weighted by molar-refractivity contribution is 5.83. The number of carbonyl (C=O) groups excluding carboxylic acids is 2. The van der Waals surface area contributed by atoms with Crippen LogP contribution in [0, 0.1) is 0 Å². The second kappa shape index (κ2) is 5.07. The molecule has 2 amide bonds. The van der Waals surface area contributed by atoms with Gasteiger partial charge >= 0.3 is 12.2 Å². The zero-order chi connectivity index (χ0) is 13.1. The van der Waals surface area contributed by atoms with Crippen molar-refractivity contribution in [3.8, 4) is 0 Å². The third kappa shape index (κ3) is 2.61. The first-order valence-corrected chi connectivity index (χ1v) is 5.76. The highest BCUT2D eigenvalue weighted by Crippen LogP contribution is 2.12. The minimum absolute atomic E-state index is 0.416. The fourth-order valence-electron chi connectivity index (χ4n) is 1.77. The maximum absolute atomic E-state index is 11.8. The molecule has 0 fully saturated rings. The molecular formula is C11H16N4O3. The first kappa shape index (κ1) is 12.4. The van der Waals surface area contributed by atoms with Gasteiger partial charge in [0.1, 0.15) is 0 Å². The number of rotatable bonds is 0. The summed E-state index contributed by atoms with van der Waals surface area (Å²) in [6.45, 7) is 1.75. The first-order chi connectivity index (χ1) is 8.58. The highest BCUT2D eigenvalue weighted by Gasteiger charge is 2.23. The summed E-state index contributed by atoms with van der Waals surface area (Å²) >= 11 is 0. The van der Waals surface area contributed by atoms with E-state index in [-0.39, 0.29) is 0 Å². The molecule has 0 saturated carbocycles. The predicted molar refractivity (Wildman–Crippen MR) is 62.8 cm³/mol. The normalized spacial score (nSPS) is 14.7. The Kier molecular flexibility index (Phi) is 3.50. The molecule has 0 aromatic carbocycles. The van der Waals surface area contributed by atoms with Gasteiger partial charge in [0.25, 0.3) is 0 Å². The van der Waals surface area contributed by atoms with Gasteiger partial charge in [0, 0.05) is 33.4 Å². The molecule has 0 unspecified atom stereocenters. The van der Waals surface area contributed by atoms with E-state index in [0.717, 1.165) is 18.7 Å². The summed E-state index contributed by atoms with van der Waals surface area (Å²) in [5.74, 6) is 0. The molecule has 0 N–H and O–H groups in total. The van der Waals surface area contributed by atoms with Crippen molar-refractivity contribution in [3.05, 3.63) is 18.0 Å². The van der Waals surface area contributed by atoms with Crippen LogP contribution >= 0.6 is 0 Å². The van der Waals surface area contributed by atoms with E-state index in [1.54, 1.807) is 6.20 Å². The lowest BCUT2D eigenvalue weighted by molar-refractivity contribution is 0.102. The van der Waals surface area contributed by atoms with Gasteiger partial charge in [0.2, 0.25) is 0 Å². The summed E-state index contributed by atoms with van der Waals surface area (Å²) < 4.78 is 6.60. The van der Waals surface area contributed by atoms with Gasteiger partial charge in [-0.1, -0.05) is 0 Å². The van der Waals surface area contributed by atoms with Crippen molar-refractivity contribution < 1.29 is 14.3 Å². The molecule has 0 radical (unpaired) electrons. The molecule has 98 valence electrons. The Bertz CT molecular complexity index is 455. The molecule has 0 spiro atoms. The molecule has 1 aromatic rings. The smallest absolute Gasteiger partial charge is 0.359 e. The molecule has 7 nitrogen and oxygen atoms in total. The van der Waals surface area contributed by atoms with Crippen molar-refractivity contribution in [1.29, 1.82) is 0 Å². The van der Waals surface area contributed by atoms with Gasteiger partial charge in [-0.15, -0.1) is 0 Å². The van der Waals surface area contributed by atoms with E-state index in [4.69, 9.17) is 4.74 Å². The lowest BCUT2D eigenvalue weighted by Gasteiger charge is -2.19. The van der Waals surface area contributed by atoms with Crippen LogP contribution in [0.1, 0.15) is 12.1 Å². The minimum atomic E-state index is -0.655. The molecule has 2 heterocycles. The number of nitrogens with zero attached hydrogens (tertiary/aromatic N) is 4. The summed E-state index contributed by atoms with van der Waals surface area (Å²) in [7, 11) is 3.07. The molecular weight excluding hydrogens is 236 g/mol. The Morgan fingerprint density at radius 1 is 1.39 bits per heavy atom. The Morgan fingerprint density at radius 2 is 2.17 bits per heavy atom. The van der Waals surface area contributed by atoms with Crippen LogP contribution in [0.4, 0.5) is 9.59 Å². The minimum Gasteiger partial charge on any atom is -0.359 e. The summed E-state index contributed by atoms with van der Waals surface area (Å²) in [5, 5.41) is 4.16. The number of hydrogen-bond acceptors (Lipinski definition) is 4. The number of aromatic nitrogens is 2. The first-order valence-electron chi connectivity index (χ1n) is 5.76. The van der Waals surface area contributed by atoms with Gasteiger partial charge in [-0.25, -0.2) is 9.59 Å². The molecule has 0 aliphatic carbocycles. The maximum Gasteiger partial charge on any atom is 0.419 e. The maximum atomic E-state index is 11.8. The molecule has 18 heavy (non-hydrogen) atoms. The number of amides is 2. The third-order valence-electron chi connectivity index (χ3n) is 2.75. The van der Waals surface area contributed by atoms with E-state index in [9.17, 15) is 9.59 Å². The number of hydrogen-bond donors (Lipinski definition) is 0. The average molecular weight is 252 g/mol. The van der Waals surface area contributed by atoms with Crippen LogP contribution in [0.25, 0.3) is 0 Å². The van der Waals surface area contributed by atoms with Crippen LogP contribution in [0.15, 0.2) is 12.3 Å². The lowest BCUT2D eigenvalue weighted by atomic mass is 10.4. The second-order valence-electron chi connectivity index (χ2n) is 4.35. The van der Waals surface area contributed by atoms with E-state index in [0.29, 0.717) is 13.1 Å². The van der Waals surface area contributed by atoms with Gasteiger partial charge in [-0.3, -0.25) is 4.68 Å². The Labute approximate surface area is 105 Å². The van der Waals surface area contributed by atoms with Crippen LogP contribution in [0.2, 0.25) is 0 Å². The van der Waals surface area contributed by atoms with Crippen molar-refractivity contribution in [1.82, 2.24) is 19.6 Å². The Morgan fingerprint density at radius 3 is 2.89 bits per heavy atom. The van der Waals surface area contributed by atoms with Gasteiger partial charge < -0.3 is 14.5 Å². The summed E-state index contributed by atoms with van der Waals surface area (Å²) in [5.41, 5.74) is 0.946. The van der Waals surface area contributed by atoms with E-state index in [1.807, 2.05) is 10.7 Å². The Hall–Kier alpha value is -2.05.